The normalized spacial score (nSPS) is 27.8. The van der Waals surface area contributed by atoms with Gasteiger partial charge in [-0.1, -0.05) is 0 Å². The Kier molecular flexibility index (Phi) is 1.80. The van der Waals surface area contributed by atoms with Crippen molar-refractivity contribution in [1.82, 2.24) is 10.6 Å². The van der Waals surface area contributed by atoms with Crippen molar-refractivity contribution in [2.24, 2.45) is 0 Å². The Morgan fingerprint density at radius 2 is 1.88 bits per heavy atom. The van der Waals surface area contributed by atoms with Gasteiger partial charge in [-0.05, 0) is 26.4 Å². The topological polar surface area (TPSA) is 24.1 Å². The van der Waals surface area contributed by atoms with Crippen molar-refractivity contribution in [2.45, 2.75) is 18.3 Å². The van der Waals surface area contributed by atoms with Crippen LogP contribution in [0.15, 0.2) is 0 Å². The summed E-state index contributed by atoms with van der Waals surface area (Å²) in [5, 5.41) is 6.42. The third kappa shape index (κ3) is 1.65. The van der Waals surface area contributed by atoms with Gasteiger partial charge in [0.1, 0.15) is 4.99 Å². The second-order valence-electron chi connectivity index (χ2n) is 2.28. The van der Waals surface area contributed by atoms with Crippen LogP contribution >= 0.6 is 12.6 Å². The van der Waals surface area contributed by atoms with Gasteiger partial charge >= 0.3 is 0 Å². The molecule has 3 heteroatoms. The summed E-state index contributed by atoms with van der Waals surface area (Å²) >= 11 is 4.30. The summed E-state index contributed by atoms with van der Waals surface area (Å²) < 4.78 is 0. The summed E-state index contributed by atoms with van der Waals surface area (Å²) in [6, 6.07) is 0. The van der Waals surface area contributed by atoms with Crippen molar-refractivity contribution in [3.05, 3.63) is 0 Å². The van der Waals surface area contributed by atoms with Gasteiger partial charge < -0.3 is 0 Å². The lowest BCUT2D eigenvalue weighted by molar-refractivity contribution is 0.359. The molecule has 1 saturated heterocycles. The third-order valence-electron chi connectivity index (χ3n) is 1.29. The highest BCUT2D eigenvalue weighted by atomic mass is 32.1. The minimum absolute atomic E-state index is 0.127. The molecule has 0 saturated carbocycles. The van der Waals surface area contributed by atoms with E-state index in [1.807, 2.05) is 6.92 Å². The maximum Gasteiger partial charge on any atom is 0.111 e. The van der Waals surface area contributed by atoms with Gasteiger partial charge in [0.2, 0.25) is 0 Å². The van der Waals surface area contributed by atoms with Crippen LogP contribution in [0.2, 0.25) is 0 Å². The van der Waals surface area contributed by atoms with E-state index in [9.17, 15) is 0 Å². The highest BCUT2D eigenvalue weighted by molar-refractivity contribution is 7.81. The second kappa shape index (κ2) is 2.25. The first-order valence-electron chi connectivity index (χ1n) is 2.93. The van der Waals surface area contributed by atoms with E-state index in [4.69, 9.17) is 0 Å². The van der Waals surface area contributed by atoms with Crippen LogP contribution in [0, 0.1) is 0 Å². The Balaban J connectivity index is 2.33. The molecule has 1 aliphatic heterocycles. The van der Waals surface area contributed by atoms with Crippen molar-refractivity contribution in [2.75, 3.05) is 13.1 Å². The molecule has 0 aromatic rings. The monoisotopic (exact) mass is 132 g/mol. The highest BCUT2D eigenvalue weighted by Crippen LogP contribution is 2.06. The Hall–Kier alpha value is 0.270. The average Bonchev–Trinajstić information content (AvgIpc) is 1.65. The molecule has 0 radical (unpaired) electrons. The van der Waals surface area contributed by atoms with Gasteiger partial charge in [0.15, 0.2) is 0 Å². The van der Waals surface area contributed by atoms with E-state index in [0.717, 1.165) is 13.1 Å². The minimum Gasteiger partial charge on any atom is -0.291 e. The van der Waals surface area contributed by atoms with Crippen LogP contribution in [0.5, 0.6) is 0 Å². The number of nitrogens with one attached hydrogen (secondary N) is 2. The number of thiol groups is 1. The molecule has 0 amide bonds. The number of hydrogen-bond donors (Lipinski definition) is 3. The molecular weight excluding hydrogens is 120 g/mol. The van der Waals surface area contributed by atoms with Crippen molar-refractivity contribution in [3.8, 4) is 0 Å². The Morgan fingerprint density at radius 1 is 1.38 bits per heavy atom. The average molecular weight is 132 g/mol. The fourth-order valence-corrected chi connectivity index (χ4v) is 1.04. The third-order valence-corrected chi connectivity index (χ3v) is 1.61. The van der Waals surface area contributed by atoms with E-state index in [1.54, 1.807) is 0 Å². The first kappa shape index (κ1) is 6.39. The van der Waals surface area contributed by atoms with Crippen molar-refractivity contribution >= 4 is 12.6 Å². The molecule has 0 aliphatic carbocycles. The number of hydrogen-bond acceptors (Lipinski definition) is 3. The van der Waals surface area contributed by atoms with Crippen LogP contribution in [0.3, 0.4) is 0 Å². The predicted molar refractivity (Wildman–Crippen MR) is 38.0 cm³/mol. The quantitative estimate of drug-likeness (QED) is 0.409. The van der Waals surface area contributed by atoms with E-state index < -0.39 is 0 Å². The van der Waals surface area contributed by atoms with E-state index in [2.05, 4.69) is 23.3 Å². The van der Waals surface area contributed by atoms with Crippen LogP contribution in [0.25, 0.3) is 0 Å². The van der Waals surface area contributed by atoms with Gasteiger partial charge in [0.25, 0.3) is 0 Å². The van der Waals surface area contributed by atoms with Crippen molar-refractivity contribution < 1.29 is 0 Å². The Morgan fingerprint density at radius 3 is 2.12 bits per heavy atom. The molecule has 8 heavy (non-hydrogen) atoms. The first-order valence-corrected chi connectivity index (χ1v) is 3.38. The predicted octanol–water partition coefficient (Wildman–Crippen LogP) is 0.173. The Bertz CT molecular complexity index is 74.5. The molecule has 2 N–H and O–H groups in total. The fourth-order valence-electron chi connectivity index (χ4n) is 0.814. The summed E-state index contributed by atoms with van der Waals surface area (Å²) in [5.41, 5.74) is 0. The van der Waals surface area contributed by atoms with E-state index in [-0.39, 0.29) is 4.99 Å². The summed E-state index contributed by atoms with van der Waals surface area (Å²) in [6.45, 7) is 4.18. The molecule has 0 aromatic carbocycles. The van der Waals surface area contributed by atoms with Gasteiger partial charge in [0.05, 0.1) is 0 Å². The molecule has 48 valence electrons. The lowest BCUT2D eigenvalue weighted by Gasteiger charge is -2.31. The van der Waals surface area contributed by atoms with Crippen LogP contribution in [0.4, 0.5) is 0 Å². The SMILES string of the molecule is CC1(S)NCCCN1. The number of rotatable bonds is 0. The lowest BCUT2D eigenvalue weighted by Crippen LogP contribution is -2.54. The summed E-state index contributed by atoms with van der Waals surface area (Å²) in [5.74, 6) is 0. The largest absolute Gasteiger partial charge is 0.291 e. The summed E-state index contributed by atoms with van der Waals surface area (Å²) in [6.07, 6.45) is 1.20. The molecule has 1 rings (SSSR count). The van der Waals surface area contributed by atoms with Gasteiger partial charge in [-0.3, -0.25) is 10.6 Å². The van der Waals surface area contributed by atoms with Gasteiger partial charge in [-0.15, -0.1) is 12.6 Å². The zero-order valence-corrected chi connectivity index (χ0v) is 5.96. The summed E-state index contributed by atoms with van der Waals surface area (Å²) in [4.78, 5) is -0.127. The molecule has 0 bridgehead atoms. The molecular formula is C5H12N2S. The molecule has 1 fully saturated rings. The van der Waals surface area contributed by atoms with E-state index in [1.165, 1.54) is 6.42 Å². The van der Waals surface area contributed by atoms with Gasteiger partial charge in [-0.2, -0.15) is 0 Å². The minimum atomic E-state index is -0.127. The highest BCUT2D eigenvalue weighted by Gasteiger charge is 2.18. The first-order chi connectivity index (χ1) is 3.71. The van der Waals surface area contributed by atoms with Crippen molar-refractivity contribution in [3.63, 3.8) is 0 Å². The van der Waals surface area contributed by atoms with Crippen LogP contribution in [0.1, 0.15) is 13.3 Å². The maximum atomic E-state index is 4.30. The zero-order valence-electron chi connectivity index (χ0n) is 5.07. The lowest BCUT2D eigenvalue weighted by atomic mass is 10.3. The molecule has 1 aliphatic rings. The Labute approximate surface area is 55.4 Å². The maximum absolute atomic E-state index is 4.30. The molecule has 0 aromatic heterocycles. The van der Waals surface area contributed by atoms with Crippen LogP contribution in [-0.2, 0) is 0 Å². The standard InChI is InChI=1S/C5H12N2S/c1-5(8)6-3-2-4-7-5/h6-8H,2-4H2,1H3. The van der Waals surface area contributed by atoms with E-state index in [0.29, 0.717) is 0 Å². The van der Waals surface area contributed by atoms with Crippen LogP contribution in [-0.4, -0.2) is 18.1 Å². The fraction of sp³-hybridized carbons (Fsp3) is 1.00. The summed E-state index contributed by atoms with van der Waals surface area (Å²) in [7, 11) is 0. The molecule has 1 heterocycles. The molecule has 0 spiro atoms. The van der Waals surface area contributed by atoms with Gasteiger partial charge in [0, 0.05) is 0 Å². The smallest absolute Gasteiger partial charge is 0.111 e. The van der Waals surface area contributed by atoms with Gasteiger partial charge in [-0.25, -0.2) is 0 Å². The van der Waals surface area contributed by atoms with Crippen LogP contribution < -0.4 is 10.6 Å². The molecule has 0 atom stereocenters. The molecule has 0 unspecified atom stereocenters. The second-order valence-corrected chi connectivity index (χ2v) is 3.17. The zero-order chi connectivity index (χ0) is 6.04. The van der Waals surface area contributed by atoms with Crippen molar-refractivity contribution in [1.29, 1.82) is 0 Å². The van der Waals surface area contributed by atoms with E-state index >= 15 is 0 Å². The molecule has 2 nitrogen and oxygen atoms in total.